The lowest BCUT2D eigenvalue weighted by Crippen LogP contribution is -2.01. The molecule has 1 aromatic heterocycles. The maximum absolute atomic E-state index is 6.26. The quantitative estimate of drug-likeness (QED) is 0.153. The Morgan fingerprint density at radius 1 is 0.943 bits per heavy atom. The van der Waals surface area contributed by atoms with Gasteiger partial charge in [-0.2, -0.15) is 9.78 Å². The molecular weight excluding hydrogens is 527 g/mol. The molecule has 10 heteroatoms. The van der Waals surface area contributed by atoms with E-state index >= 15 is 0 Å². The van der Waals surface area contributed by atoms with Crippen molar-refractivity contribution in [2.24, 2.45) is 5.10 Å². The minimum atomic E-state index is 0.290. The molecule has 0 unspecified atom stereocenters. The molecule has 4 aromatic rings. The van der Waals surface area contributed by atoms with Crippen molar-refractivity contribution < 1.29 is 9.47 Å². The van der Waals surface area contributed by atoms with Crippen LogP contribution in [0, 0.1) is 0 Å². The van der Waals surface area contributed by atoms with Gasteiger partial charge in [-0.3, -0.25) is 0 Å². The standard InChI is InChI=1S/C25H21Cl3N4O2S/c1-2-33-24-11-18(5-10-23(24)34-14-19-6-9-21(27)12-22(19)28)13-30-32-16-29-31-25(32)35-15-17-3-7-20(26)8-4-17/h3-13,16H,2,14-15H2,1H3/b30-13+. The number of benzene rings is 3. The molecule has 0 aliphatic heterocycles. The second-order valence-electron chi connectivity index (χ2n) is 7.28. The van der Waals surface area contributed by atoms with E-state index in [-0.39, 0.29) is 0 Å². The van der Waals surface area contributed by atoms with Gasteiger partial charge in [-0.15, -0.1) is 10.2 Å². The molecule has 0 bridgehead atoms. The van der Waals surface area contributed by atoms with Crippen molar-refractivity contribution in [2.45, 2.75) is 24.4 Å². The van der Waals surface area contributed by atoms with Crippen LogP contribution < -0.4 is 9.47 Å². The van der Waals surface area contributed by atoms with E-state index in [9.17, 15) is 0 Å². The molecule has 35 heavy (non-hydrogen) atoms. The summed E-state index contributed by atoms with van der Waals surface area (Å²) in [6.45, 7) is 2.70. The molecule has 0 amide bonds. The molecular formula is C25H21Cl3N4O2S. The van der Waals surface area contributed by atoms with Crippen LogP contribution in [0.25, 0.3) is 0 Å². The zero-order chi connectivity index (χ0) is 24.6. The number of thioether (sulfide) groups is 1. The van der Waals surface area contributed by atoms with Crippen LogP contribution in [0.4, 0.5) is 0 Å². The highest BCUT2D eigenvalue weighted by molar-refractivity contribution is 7.98. The summed E-state index contributed by atoms with van der Waals surface area (Å²) in [5.74, 6) is 1.95. The molecule has 0 atom stereocenters. The van der Waals surface area contributed by atoms with Crippen LogP contribution in [0.15, 0.2) is 77.2 Å². The van der Waals surface area contributed by atoms with Crippen LogP contribution in [-0.4, -0.2) is 27.7 Å². The summed E-state index contributed by atoms with van der Waals surface area (Å²) >= 11 is 19.7. The molecule has 0 radical (unpaired) electrons. The monoisotopic (exact) mass is 546 g/mol. The number of ether oxygens (including phenoxy) is 2. The van der Waals surface area contributed by atoms with E-state index in [2.05, 4.69) is 15.3 Å². The van der Waals surface area contributed by atoms with Gasteiger partial charge < -0.3 is 9.47 Å². The molecule has 4 rings (SSSR count). The highest BCUT2D eigenvalue weighted by Gasteiger charge is 2.09. The van der Waals surface area contributed by atoms with Crippen molar-refractivity contribution in [3.05, 3.63) is 98.7 Å². The molecule has 1 heterocycles. The van der Waals surface area contributed by atoms with Crippen molar-refractivity contribution in [3.63, 3.8) is 0 Å². The Morgan fingerprint density at radius 3 is 2.51 bits per heavy atom. The summed E-state index contributed by atoms with van der Waals surface area (Å²) in [5, 5.41) is 15.2. The summed E-state index contributed by atoms with van der Waals surface area (Å²) in [4.78, 5) is 0. The predicted octanol–water partition coefficient (Wildman–Crippen LogP) is 7.39. The first kappa shape index (κ1) is 25.4. The van der Waals surface area contributed by atoms with Gasteiger partial charge in [-0.1, -0.05) is 64.8 Å². The van der Waals surface area contributed by atoms with E-state index in [0.717, 1.165) is 22.4 Å². The topological polar surface area (TPSA) is 61.5 Å². The van der Waals surface area contributed by atoms with E-state index in [0.29, 0.717) is 44.9 Å². The highest BCUT2D eigenvalue weighted by atomic mass is 35.5. The van der Waals surface area contributed by atoms with Crippen molar-refractivity contribution in [2.75, 3.05) is 6.61 Å². The first-order valence-corrected chi connectivity index (χ1v) is 12.8. The van der Waals surface area contributed by atoms with E-state index < -0.39 is 0 Å². The van der Waals surface area contributed by atoms with E-state index in [1.165, 1.54) is 11.8 Å². The summed E-state index contributed by atoms with van der Waals surface area (Å²) in [7, 11) is 0. The fourth-order valence-corrected chi connectivity index (χ4v) is 4.45. The summed E-state index contributed by atoms with van der Waals surface area (Å²) < 4.78 is 13.4. The summed E-state index contributed by atoms with van der Waals surface area (Å²) in [6.07, 6.45) is 3.29. The van der Waals surface area contributed by atoms with Gasteiger partial charge >= 0.3 is 0 Å². The fraction of sp³-hybridized carbons (Fsp3) is 0.160. The van der Waals surface area contributed by atoms with Gasteiger partial charge in [0.1, 0.15) is 12.9 Å². The largest absolute Gasteiger partial charge is 0.490 e. The van der Waals surface area contributed by atoms with Crippen LogP contribution >= 0.6 is 46.6 Å². The van der Waals surface area contributed by atoms with Crippen molar-refractivity contribution in [3.8, 4) is 11.5 Å². The second-order valence-corrected chi connectivity index (χ2v) is 9.50. The number of hydrogen-bond acceptors (Lipinski definition) is 6. The van der Waals surface area contributed by atoms with Gasteiger partial charge in [0.05, 0.1) is 12.8 Å². The predicted molar refractivity (Wildman–Crippen MR) is 142 cm³/mol. The molecule has 0 aliphatic carbocycles. The van der Waals surface area contributed by atoms with E-state index in [1.54, 1.807) is 29.4 Å². The molecule has 0 fully saturated rings. The lowest BCUT2D eigenvalue weighted by molar-refractivity contribution is 0.269. The lowest BCUT2D eigenvalue weighted by Gasteiger charge is -2.13. The Bertz CT molecular complexity index is 1310. The maximum Gasteiger partial charge on any atom is 0.212 e. The number of hydrogen-bond donors (Lipinski definition) is 0. The van der Waals surface area contributed by atoms with Crippen LogP contribution in [0.2, 0.25) is 15.1 Å². The highest BCUT2D eigenvalue weighted by Crippen LogP contribution is 2.30. The van der Waals surface area contributed by atoms with Crippen LogP contribution in [0.3, 0.4) is 0 Å². The number of halogens is 3. The van der Waals surface area contributed by atoms with Crippen LogP contribution in [0.1, 0.15) is 23.6 Å². The molecule has 6 nitrogen and oxygen atoms in total. The molecule has 0 saturated carbocycles. The Balaban J connectivity index is 1.44. The van der Waals surface area contributed by atoms with Gasteiger partial charge in [-0.25, -0.2) is 0 Å². The van der Waals surface area contributed by atoms with Crippen molar-refractivity contribution in [1.29, 1.82) is 0 Å². The van der Waals surface area contributed by atoms with Crippen molar-refractivity contribution in [1.82, 2.24) is 14.9 Å². The number of aromatic nitrogens is 3. The SMILES string of the molecule is CCOc1cc(/C=N/n2cnnc2SCc2ccc(Cl)cc2)ccc1OCc1ccc(Cl)cc1Cl. The molecule has 0 N–H and O–H groups in total. The number of nitrogens with zero attached hydrogens (tertiary/aromatic N) is 4. The molecule has 180 valence electrons. The van der Waals surface area contributed by atoms with E-state index in [4.69, 9.17) is 44.3 Å². The van der Waals surface area contributed by atoms with Crippen LogP contribution in [-0.2, 0) is 12.4 Å². The third-order valence-electron chi connectivity index (χ3n) is 4.78. The first-order chi connectivity index (χ1) is 17.0. The van der Waals surface area contributed by atoms with Crippen molar-refractivity contribution >= 4 is 52.8 Å². The minimum Gasteiger partial charge on any atom is -0.490 e. The smallest absolute Gasteiger partial charge is 0.212 e. The summed E-state index contributed by atoms with van der Waals surface area (Å²) in [5.41, 5.74) is 2.81. The fourth-order valence-electron chi connectivity index (χ4n) is 3.04. The Labute approximate surface area is 222 Å². The number of rotatable bonds is 10. The zero-order valence-corrected chi connectivity index (χ0v) is 21.8. The minimum absolute atomic E-state index is 0.290. The average Bonchev–Trinajstić information content (AvgIpc) is 3.30. The van der Waals surface area contributed by atoms with Gasteiger partial charge in [0.25, 0.3) is 0 Å². The van der Waals surface area contributed by atoms with Gasteiger partial charge in [0.15, 0.2) is 11.5 Å². The molecule has 0 aliphatic rings. The zero-order valence-electron chi connectivity index (χ0n) is 18.7. The Hall–Kier alpha value is -2.71. The average molecular weight is 548 g/mol. The lowest BCUT2D eigenvalue weighted by atomic mass is 10.2. The molecule has 0 saturated heterocycles. The Morgan fingerprint density at radius 2 is 1.74 bits per heavy atom. The summed E-state index contributed by atoms with van der Waals surface area (Å²) in [6, 6.07) is 18.6. The maximum atomic E-state index is 6.26. The van der Waals surface area contributed by atoms with Gasteiger partial charge in [0.2, 0.25) is 5.16 Å². The second kappa shape index (κ2) is 12.3. The first-order valence-electron chi connectivity index (χ1n) is 10.7. The third-order valence-corrected chi connectivity index (χ3v) is 6.62. The van der Waals surface area contributed by atoms with E-state index in [1.807, 2.05) is 55.5 Å². The molecule has 3 aromatic carbocycles. The van der Waals surface area contributed by atoms with Crippen LogP contribution in [0.5, 0.6) is 11.5 Å². The molecule has 0 spiro atoms. The third kappa shape index (κ3) is 7.15. The Kier molecular flexibility index (Phi) is 8.93. The normalized spacial score (nSPS) is 11.2. The van der Waals surface area contributed by atoms with Gasteiger partial charge in [0, 0.05) is 26.4 Å². The van der Waals surface area contributed by atoms with Gasteiger partial charge in [-0.05, 0) is 60.5 Å².